The van der Waals surface area contributed by atoms with Crippen LogP contribution in [0.2, 0.25) is 5.02 Å². The van der Waals surface area contributed by atoms with Crippen molar-refractivity contribution in [2.75, 3.05) is 26.2 Å². The van der Waals surface area contributed by atoms with Crippen molar-refractivity contribution >= 4 is 17.5 Å². The van der Waals surface area contributed by atoms with Gasteiger partial charge < -0.3 is 4.90 Å². The number of aromatic nitrogens is 3. The molecule has 0 radical (unpaired) electrons. The number of halogens is 1. The molecule has 0 N–H and O–H groups in total. The number of amides is 1. The summed E-state index contributed by atoms with van der Waals surface area (Å²) in [4.78, 5) is 16.9. The molecule has 1 saturated heterocycles. The van der Waals surface area contributed by atoms with Gasteiger partial charge in [-0.15, -0.1) is 5.10 Å². The standard InChI is InChI=1S/C21H22ClN5O/c1-16-6-2-5-9-20(16)27-17(14-23-24-27)15-25-10-12-26(13-11-25)21(28)18-7-3-4-8-19(18)22/h2-9,14H,10-13,15H2,1H3. The minimum atomic E-state index is -0.00290. The van der Waals surface area contributed by atoms with Crippen molar-refractivity contribution in [2.45, 2.75) is 13.5 Å². The predicted molar refractivity (Wildman–Crippen MR) is 109 cm³/mol. The molecule has 1 aromatic heterocycles. The van der Waals surface area contributed by atoms with E-state index in [2.05, 4.69) is 28.2 Å². The Hall–Kier alpha value is -2.70. The molecule has 2 heterocycles. The summed E-state index contributed by atoms with van der Waals surface area (Å²) in [6.07, 6.45) is 1.81. The average molecular weight is 396 g/mol. The minimum Gasteiger partial charge on any atom is -0.336 e. The summed E-state index contributed by atoms with van der Waals surface area (Å²) >= 11 is 6.18. The van der Waals surface area contributed by atoms with Crippen LogP contribution in [0.25, 0.3) is 5.69 Å². The van der Waals surface area contributed by atoms with E-state index >= 15 is 0 Å². The Bertz CT molecular complexity index is 978. The first kappa shape index (κ1) is 18.7. The molecule has 1 aliphatic heterocycles. The fourth-order valence-corrected chi connectivity index (χ4v) is 3.73. The summed E-state index contributed by atoms with van der Waals surface area (Å²) in [6.45, 7) is 5.77. The Morgan fingerprint density at radius 2 is 1.75 bits per heavy atom. The number of piperazine rings is 1. The number of nitrogens with zero attached hydrogens (tertiary/aromatic N) is 5. The lowest BCUT2D eigenvalue weighted by Gasteiger charge is -2.34. The Morgan fingerprint density at radius 3 is 2.50 bits per heavy atom. The van der Waals surface area contributed by atoms with Crippen molar-refractivity contribution < 1.29 is 4.79 Å². The lowest BCUT2D eigenvalue weighted by Crippen LogP contribution is -2.48. The van der Waals surface area contributed by atoms with Gasteiger partial charge in [0.2, 0.25) is 0 Å². The second-order valence-corrected chi connectivity index (χ2v) is 7.38. The molecule has 0 aliphatic carbocycles. The highest BCUT2D eigenvalue weighted by Crippen LogP contribution is 2.19. The van der Waals surface area contributed by atoms with E-state index in [-0.39, 0.29) is 5.91 Å². The van der Waals surface area contributed by atoms with E-state index in [0.29, 0.717) is 23.7 Å². The third-order valence-corrected chi connectivity index (χ3v) is 5.44. The van der Waals surface area contributed by atoms with E-state index in [1.54, 1.807) is 12.1 Å². The van der Waals surface area contributed by atoms with Crippen LogP contribution in [-0.4, -0.2) is 56.9 Å². The van der Waals surface area contributed by atoms with E-state index in [1.807, 2.05) is 46.1 Å². The first-order valence-corrected chi connectivity index (χ1v) is 9.73. The summed E-state index contributed by atoms with van der Waals surface area (Å²) in [5, 5.41) is 8.87. The quantitative estimate of drug-likeness (QED) is 0.680. The topological polar surface area (TPSA) is 54.3 Å². The van der Waals surface area contributed by atoms with Gasteiger partial charge in [-0.3, -0.25) is 9.69 Å². The van der Waals surface area contributed by atoms with E-state index in [0.717, 1.165) is 36.6 Å². The van der Waals surface area contributed by atoms with Gasteiger partial charge in [0, 0.05) is 32.7 Å². The molecule has 0 saturated carbocycles. The van der Waals surface area contributed by atoms with Gasteiger partial charge in [-0.05, 0) is 30.7 Å². The van der Waals surface area contributed by atoms with Gasteiger partial charge in [-0.1, -0.05) is 47.1 Å². The summed E-state index contributed by atoms with van der Waals surface area (Å²) < 4.78 is 1.90. The number of benzene rings is 2. The lowest BCUT2D eigenvalue weighted by atomic mass is 10.1. The van der Waals surface area contributed by atoms with Crippen molar-refractivity contribution in [2.24, 2.45) is 0 Å². The number of rotatable bonds is 4. The average Bonchev–Trinajstić information content (AvgIpc) is 3.17. The summed E-state index contributed by atoms with van der Waals surface area (Å²) in [5.74, 6) is -0.00290. The molecule has 1 amide bonds. The third-order valence-electron chi connectivity index (χ3n) is 5.11. The van der Waals surface area contributed by atoms with Crippen LogP contribution in [0.4, 0.5) is 0 Å². The maximum atomic E-state index is 12.7. The second-order valence-electron chi connectivity index (χ2n) is 6.97. The molecule has 1 aliphatic rings. The van der Waals surface area contributed by atoms with Crippen molar-refractivity contribution in [1.82, 2.24) is 24.8 Å². The van der Waals surface area contributed by atoms with Gasteiger partial charge >= 0.3 is 0 Å². The molecule has 0 spiro atoms. The highest BCUT2D eigenvalue weighted by molar-refractivity contribution is 6.33. The number of carbonyl (C=O) groups is 1. The summed E-state index contributed by atoms with van der Waals surface area (Å²) in [5.41, 5.74) is 3.81. The Morgan fingerprint density at radius 1 is 1.04 bits per heavy atom. The second kappa shape index (κ2) is 8.12. The number of hydrogen-bond donors (Lipinski definition) is 0. The summed E-state index contributed by atoms with van der Waals surface area (Å²) in [7, 11) is 0. The molecule has 1 fully saturated rings. The van der Waals surface area contributed by atoms with Gasteiger partial charge in [0.25, 0.3) is 5.91 Å². The largest absolute Gasteiger partial charge is 0.336 e. The zero-order valence-electron chi connectivity index (χ0n) is 15.8. The van der Waals surface area contributed by atoms with Crippen LogP contribution < -0.4 is 0 Å². The van der Waals surface area contributed by atoms with Gasteiger partial charge in [-0.2, -0.15) is 0 Å². The van der Waals surface area contributed by atoms with Crippen LogP contribution in [0.15, 0.2) is 54.7 Å². The molecule has 28 heavy (non-hydrogen) atoms. The highest BCUT2D eigenvalue weighted by Gasteiger charge is 2.24. The van der Waals surface area contributed by atoms with Crippen molar-refractivity contribution in [3.05, 3.63) is 76.6 Å². The van der Waals surface area contributed by atoms with Crippen LogP contribution in [0.1, 0.15) is 21.6 Å². The molecule has 4 rings (SSSR count). The Balaban J connectivity index is 1.41. The van der Waals surface area contributed by atoms with E-state index < -0.39 is 0 Å². The molecule has 144 valence electrons. The Kier molecular flexibility index (Phi) is 5.41. The molecule has 3 aromatic rings. The molecule has 6 nitrogen and oxygen atoms in total. The van der Waals surface area contributed by atoms with Crippen LogP contribution in [0.5, 0.6) is 0 Å². The van der Waals surface area contributed by atoms with Crippen LogP contribution in [0.3, 0.4) is 0 Å². The molecular formula is C21H22ClN5O. The number of para-hydroxylation sites is 1. The molecular weight excluding hydrogens is 374 g/mol. The van der Waals surface area contributed by atoms with Gasteiger partial charge in [0.15, 0.2) is 0 Å². The smallest absolute Gasteiger partial charge is 0.255 e. The molecule has 7 heteroatoms. The first-order chi connectivity index (χ1) is 13.6. The molecule has 0 bridgehead atoms. The fourth-order valence-electron chi connectivity index (χ4n) is 3.51. The first-order valence-electron chi connectivity index (χ1n) is 9.35. The summed E-state index contributed by atoms with van der Waals surface area (Å²) in [6, 6.07) is 15.4. The SMILES string of the molecule is Cc1ccccc1-n1nncc1CN1CCN(C(=O)c2ccccc2Cl)CC1. The van der Waals surface area contributed by atoms with Gasteiger partial charge in [-0.25, -0.2) is 4.68 Å². The van der Waals surface area contributed by atoms with Crippen LogP contribution in [0, 0.1) is 6.92 Å². The normalized spacial score (nSPS) is 15.0. The van der Waals surface area contributed by atoms with E-state index in [4.69, 9.17) is 11.6 Å². The van der Waals surface area contributed by atoms with E-state index in [1.165, 1.54) is 0 Å². The van der Waals surface area contributed by atoms with Crippen molar-refractivity contribution in [3.63, 3.8) is 0 Å². The highest BCUT2D eigenvalue weighted by atomic mass is 35.5. The van der Waals surface area contributed by atoms with Gasteiger partial charge in [0.05, 0.1) is 28.2 Å². The van der Waals surface area contributed by atoms with Gasteiger partial charge in [0.1, 0.15) is 0 Å². The van der Waals surface area contributed by atoms with Crippen LogP contribution >= 0.6 is 11.6 Å². The molecule has 0 unspecified atom stereocenters. The predicted octanol–water partition coefficient (Wildman–Crippen LogP) is 3.19. The fraction of sp³-hybridized carbons (Fsp3) is 0.286. The van der Waals surface area contributed by atoms with Crippen LogP contribution in [-0.2, 0) is 6.54 Å². The maximum absolute atomic E-state index is 12.7. The zero-order chi connectivity index (χ0) is 19.5. The third kappa shape index (κ3) is 3.79. The maximum Gasteiger partial charge on any atom is 0.255 e. The number of hydrogen-bond acceptors (Lipinski definition) is 4. The zero-order valence-corrected chi connectivity index (χ0v) is 16.5. The minimum absolute atomic E-state index is 0.00290. The lowest BCUT2D eigenvalue weighted by molar-refractivity contribution is 0.0626. The molecule has 2 aromatic carbocycles. The van der Waals surface area contributed by atoms with Crippen molar-refractivity contribution in [1.29, 1.82) is 0 Å². The van der Waals surface area contributed by atoms with E-state index in [9.17, 15) is 4.79 Å². The monoisotopic (exact) mass is 395 g/mol. The number of aryl methyl sites for hydroxylation is 1. The number of carbonyl (C=O) groups excluding carboxylic acids is 1. The molecule has 0 atom stereocenters. The van der Waals surface area contributed by atoms with Crippen molar-refractivity contribution in [3.8, 4) is 5.69 Å². The Labute approximate surface area is 169 Å².